The summed E-state index contributed by atoms with van der Waals surface area (Å²) in [6, 6.07) is 0.309. The summed E-state index contributed by atoms with van der Waals surface area (Å²) >= 11 is 0. The molecule has 25 heavy (non-hydrogen) atoms. The van der Waals surface area contributed by atoms with E-state index in [0.717, 1.165) is 45.0 Å². The minimum atomic E-state index is 0.00886. The highest BCUT2D eigenvalue weighted by molar-refractivity contribution is 5.74. The van der Waals surface area contributed by atoms with Gasteiger partial charge in [-0.2, -0.15) is 10.1 Å². The number of aromatic nitrogens is 3. The number of nitrogens with zero attached hydrogens (tertiary/aromatic N) is 5. The van der Waals surface area contributed by atoms with Gasteiger partial charge in [0.2, 0.25) is 5.95 Å². The van der Waals surface area contributed by atoms with E-state index in [-0.39, 0.29) is 12.6 Å². The predicted octanol–water partition coefficient (Wildman–Crippen LogP) is -0.127. The third-order valence-electron chi connectivity index (χ3n) is 5.13. The molecule has 3 N–H and O–H groups in total. The zero-order valence-corrected chi connectivity index (χ0v) is 14.7. The van der Waals surface area contributed by atoms with E-state index in [1.54, 1.807) is 0 Å². The SMILES string of the molecule is O=C(NCCCN1CCCCC1CO)N1CCN(c2ncn[nH]2)CC1. The van der Waals surface area contributed by atoms with Crippen LogP contribution in [-0.4, -0.2) is 94.6 Å². The second kappa shape index (κ2) is 9.00. The zero-order valence-electron chi connectivity index (χ0n) is 14.7. The Balaban J connectivity index is 1.32. The number of piperidine rings is 1. The number of H-pyrrole nitrogens is 1. The van der Waals surface area contributed by atoms with Crippen molar-refractivity contribution < 1.29 is 9.90 Å². The van der Waals surface area contributed by atoms with Gasteiger partial charge in [0.05, 0.1) is 6.61 Å². The minimum absolute atomic E-state index is 0.00886. The Morgan fingerprint density at radius 2 is 2.12 bits per heavy atom. The summed E-state index contributed by atoms with van der Waals surface area (Å²) in [5.41, 5.74) is 0. The van der Waals surface area contributed by atoms with Crippen molar-refractivity contribution >= 4 is 12.0 Å². The van der Waals surface area contributed by atoms with Crippen LogP contribution in [0.2, 0.25) is 0 Å². The van der Waals surface area contributed by atoms with Crippen LogP contribution in [0.1, 0.15) is 25.7 Å². The van der Waals surface area contributed by atoms with Crippen molar-refractivity contribution in [3.63, 3.8) is 0 Å². The average molecular weight is 351 g/mol. The Bertz CT molecular complexity index is 517. The summed E-state index contributed by atoms with van der Waals surface area (Å²) in [7, 11) is 0. The molecule has 2 fully saturated rings. The van der Waals surface area contributed by atoms with Crippen molar-refractivity contribution in [3.05, 3.63) is 6.33 Å². The molecule has 0 spiro atoms. The number of piperazine rings is 1. The molecule has 9 nitrogen and oxygen atoms in total. The van der Waals surface area contributed by atoms with Crippen LogP contribution in [0.3, 0.4) is 0 Å². The van der Waals surface area contributed by atoms with Gasteiger partial charge in [0.25, 0.3) is 0 Å². The Labute approximate surface area is 148 Å². The number of aliphatic hydroxyl groups is 1. The summed E-state index contributed by atoms with van der Waals surface area (Å²) in [4.78, 5) is 22.7. The molecule has 3 rings (SSSR count). The summed E-state index contributed by atoms with van der Waals surface area (Å²) in [5, 5.41) is 19.2. The number of hydrogen-bond donors (Lipinski definition) is 3. The van der Waals surface area contributed by atoms with Gasteiger partial charge in [0, 0.05) is 45.3 Å². The van der Waals surface area contributed by atoms with Crippen molar-refractivity contribution in [2.45, 2.75) is 31.7 Å². The molecule has 1 atom stereocenters. The summed E-state index contributed by atoms with van der Waals surface area (Å²) in [5.74, 6) is 0.764. The van der Waals surface area contributed by atoms with Gasteiger partial charge < -0.3 is 20.2 Å². The van der Waals surface area contributed by atoms with Gasteiger partial charge in [-0.3, -0.25) is 4.90 Å². The minimum Gasteiger partial charge on any atom is -0.395 e. The molecule has 9 heteroatoms. The number of rotatable bonds is 6. The molecule has 0 bridgehead atoms. The highest BCUT2D eigenvalue weighted by Gasteiger charge is 2.23. The molecule has 140 valence electrons. The Kier molecular flexibility index (Phi) is 6.46. The van der Waals surface area contributed by atoms with Gasteiger partial charge in [0.15, 0.2) is 0 Å². The van der Waals surface area contributed by atoms with E-state index in [1.165, 1.54) is 19.2 Å². The fraction of sp³-hybridized carbons (Fsp3) is 0.812. The summed E-state index contributed by atoms with van der Waals surface area (Å²) < 4.78 is 0. The van der Waals surface area contributed by atoms with Crippen molar-refractivity contribution in [1.82, 2.24) is 30.3 Å². The molecule has 0 aliphatic carbocycles. The second-order valence-corrected chi connectivity index (χ2v) is 6.74. The molecule has 0 radical (unpaired) electrons. The van der Waals surface area contributed by atoms with Crippen molar-refractivity contribution in [1.29, 1.82) is 0 Å². The van der Waals surface area contributed by atoms with Gasteiger partial charge in [-0.15, -0.1) is 0 Å². The van der Waals surface area contributed by atoms with Crippen LogP contribution in [0.5, 0.6) is 0 Å². The van der Waals surface area contributed by atoms with Crippen LogP contribution in [0.15, 0.2) is 6.33 Å². The van der Waals surface area contributed by atoms with E-state index in [2.05, 4.69) is 30.3 Å². The van der Waals surface area contributed by atoms with Crippen molar-refractivity contribution in [2.75, 3.05) is 57.3 Å². The second-order valence-electron chi connectivity index (χ2n) is 6.74. The number of urea groups is 1. The van der Waals surface area contributed by atoms with Crippen molar-refractivity contribution in [3.8, 4) is 0 Å². The lowest BCUT2D eigenvalue weighted by Crippen LogP contribution is -2.52. The number of amides is 2. The molecular formula is C16H29N7O2. The van der Waals surface area contributed by atoms with E-state index >= 15 is 0 Å². The van der Waals surface area contributed by atoms with E-state index in [4.69, 9.17) is 0 Å². The molecule has 2 saturated heterocycles. The van der Waals surface area contributed by atoms with E-state index in [9.17, 15) is 9.90 Å². The topological polar surface area (TPSA) is 101 Å². The third-order valence-corrected chi connectivity index (χ3v) is 5.13. The van der Waals surface area contributed by atoms with Crippen LogP contribution < -0.4 is 10.2 Å². The quantitative estimate of drug-likeness (QED) is 0.618. The highest BCUT2D eigenvalue weighted by Crippen LogP contribution is 2.16. The number of likely N-dealkylation sites (tertiary alicyclic amines) is 1. The Hall–Kier alpha value is -1.87. The molecule has 1 unspecified atom stereocenters. The maximum atomic E-state index is 12.3. The Morgan fingerprint density at radius 1 is 1.28 bits per heavy atom. The molecule has 1 aromatic rings. The largest absolute Gasteiger partial charge is 0.395 e. The molecule has 2 aliphatic heterocycles. The average Bonchev–Trinajstić information content (AvgIpc) is 3.20. The highest BCUT2D eigenvalue weighted by atomic mass is 16.3. The van der Waals surface area contributed by atoms with Crippen LogP contribution >= 0.6 is 0 Å². The van der Waals surface area contributed by atoms with Crippen LogP contribution in [0, 0.1) is 0 Å². The van der Waals surface area contributed by atoms with Gasteiger partial charge in [-0.1, -0.05) is 6.42 Å². The normalized spacial score (nSPS) is 22.2. The smallest absolute Gasteiger partial charge is 0.317 e. The number of carbonyl (C=O) groups is 1. The lowest BCUT2D eigenvalue weighted by molar-refractivity contribution is 0.0892. The fourth-order valence-corrected chi connectivity index (χ4v) is 3.62. The molecule has 2 amide bonds. The zero-order chi connectivity index (χ0) is 17.5. The number of hydrogen-bond acceptors (Lipinski definition) is 6. The number of carbonyl (C=O) groups excluding carboxylic acids is 1. The van der Waals surface area contributed by atoms with E-state index in [0.29, 0.717) is 25.7 Å². The monoisotopic (exact) mass is 351 g/mol. The fourth-order valence-electron chi connectivity index (χ4n) is 3.62. The molecule has 0 aromatic carbocycles. The van der Waals surface area contributed by atoms with E-state index < -0.39 is 0 Å². The van der Waals surface area contributed by atoms with Crippen LogP contribution in [0.25, 0.3) is 0 Å². The maximum absolute atomic E-state index is 12.3. The van der Waals surface area contributed by atoms with E-state index in [1.807, 2.05) is 4.90 Å². The van der Waals surface area contributed by atoms with Gasteiger partial charge in [-0.25, -0.2) is 9.89 Å². The first-order valence-corrected chi connectivity index (χ1v) is 9.26. The number of aliphatic hydroxyl groups excluding tert-OH is 1. The standard InChI is InChI=1S/C16H29N7O2/c24-12-14-4-1-2-6-21(14)7-3-5-17-16(25)23-10-8-22(9-11-23)15-18-13-19-20-15/h13-14,24H,1-12H2,(H,17,25)(H,18,19,20). The lowest BCUT2D eigenvalue weighted by atomic mass is 10.0. The summed E-state index contributed by atoms with van der Waals surface area (Å²) in [6.45, 7) is 5.80. The first-order valence-electron chi connectivity index (χ1n) is 9.26. The first kappa shape index (κ1) is 17.9. The summed E-state index contributed by atoms with van der Waals surface area (Å²) in [6.07, 6.45) is 5.91. The first-order chi connectivity index (χ1) is 12.3. The molecule has 3 heterocycles. The van der Waals surface area contributed by atoms with Gasteiger partial charge in [0.1, 0.15) is 6.33 Å². The van der Waals surface area contributed by atoms with Gasteiger partial charge >= 0.3 is 6.03 Å². The third kappa shape index (κ3) is 4.82. The maximum Gasteiger partial charge on any atom is 0.317 e. The van der Waals surface area contributed by atoms with Crippen molar-refractivity contribution in [2.24, 2.45) is 0 Å². The number of aromatic amines is 1. The lowest BCUT2D eigenvalue weighted by Gasteiger charge is -2.35. The number of nitrogens with one attached hydrogen (secondary N) is 2. The molecule has 0 saturated carbocycles. The number of anilines is 1. The molecule has 2 aliphatic rings. The van der Waals surface area contributed by atoms with Crippen LogP contribution in [-0.2, 0) is 0 Å². The molecular weight excluding hydrogens is 322 g/mol. The van der Waals surface area contributed by atoms with Crippen LogP contribution in [0.4, 0.5) is 10.7 Å². The van der Waals surface area contributed by atoms with Gasteiger partial charge in [-0.05, 0) is 25.8 Å². The predicted molar refractivity (Wildman–Crippen MR) is 94.5 cm³/mol. The Morgan fingerprint density at radius 3 is 2.84 bits per heavy atom. The molecule has 1 aromatic heterocycles.